The fraction of sp³-hybridized carbons (Fsp3) is 0.323. The molecule has 0 aliphatic rings. The molecule has 0 bridgehead atoms. The first-order valence-corrected chi connectivity index (χ1v) is 29.5. The highest BCUT2D eigenvalue weighted by Crippen LogP contribution is 2.24. The van der Waals surface area contributed by atoms with Crippen molar-refractivity contribution in [1.29, 1.82) is 0 Å². The van der Waals surface area contributed by atoms with Crippen molar-refractivity contribution in [2.24, 2.45) is 55.1 Å². The summed E-state index contributed by atoms with van der Waals surface area (Å²) in [5.74, 6) is -6.56. The number of benzene rings is 4. The van der Waals surface area contributed by atoms with E-state index in [1.54, 1.807) is 24.8 Å². The van der Waals surface area contributed by atoms with Crippen molar-refractivity contribution >= 4 is 103 Å². The minimum absolute atomic E-state index is 0.00586. The van der Waals surface area contributed by atoms with Crippen LogP contribution in [0.15, 0.2) is 137 Å². The highest BCUT2D eigenvalue weighted by molar-refractivity contribution is 5.99. The second-order valence-electron chi connectivity index (χ2n) is 21.9. The summed E-state index contributed by atoms with van der Waals surface area (Å²) in [4.78, 5) is 126. The summed E-state index contributed by atoms with van der Waals surface area (Å²) in [7, 11) is 0. The third-order valence-electron chi connectivity index (χ3n) is 15.4. The van der Waals surface area contributed by atoms with Crippen LogP contribution in [0.1, 0.15) is 60.8 Å². The maximum absolute atomic E-state index is 15.5. The third-order valence-corrected chi connectivity index (χ3v) is 15.4. The molecule has 28 nitrogen and oxygen atoms in total. The molecule has 4 heterocycles. The van der Waals surface area contributed by atoms with Gasteiger partial charge in [0.2, 0.25) is 35.4 Å². The van der Waals surface area contributed by atoms with Crippen LogP contribution in [-0.4, -0.2) is 146 Å². The number of guanidine groups is 3. The van der Waals surface area contributed by atoms with Crippen molar-refractivity contribution in [3.8, 4) is 0 Å². The molecule has 8 aromatic rings. The van der Waals surface area contributed by atoms with Crippen LogP contribution in [0.2, 0.25) is 0 Å². The van der Waals surface area contributed by atoms with Gasteiger partial charge in [-0.05, 0) is 85.0 Å². The Labute approximate surface area is 516 Å². The second-order valence-corrected chi connectivity index (χ2v) is 21.9. The molecule has 28 heteroatoms. The van der Waals surface area contributed by atoms with Gasteiger partial charge in [-0.3, -0.25) is 43.7 Å². The number of fused-ring (bicyclic) bond motifs is 4. The zero-order chi connectivity index (χ0) is 64.3. The van der Waals surface area contributed by atoms with Crippen molar-refractivity contribution in [2.75, 3.05) is 19.6 Å². The molecule has 0 saturated heterocycles. The lowest BCUT2D eigenvalue weighted by molar-refractivity contribution is -0.142. The van der Waals surface area contributed by atoms with Gasteiger partial charge in [-0.1, -0.05) is 72.8 Å². The first kappa shape index (κ1) is 65.1. The Hall–Kier alpha value is -10.9. The van der Waals surface area contributed by atoms with E-state index >= 15 is 14.4 Å². The van der Waals surface area contributed by atoms with Gasteiger partial charge >= 0.3 is 5.97 Å². The molecule has 0 unspecified atom stereocenters. The number of aromatic amines is 4. The van der Waals surface area contributed by atoms with Gasteiger partial charge in [-0.15, -0.1) is 0 Å². The van der Waals surface area contributed by atoms with E-state index in [9.17, 15) is 24.3 Å². The number of hydrogen-bond acceptors (Lipinski definition) is 11. The number of aliphatic imine (C=N–C) groups is 3. The number of nitrogens with two attached hydrogens (primary N) is 7. The summed E-state index contributed by atoms with van der Waals surface area (Å²) in [5.41, 5.74) is 45.1. The van der Waals surface area contributed by atoms with Crippen LogP contribution in [0.3, 0.4) is 0 Å². The van der Waals surface area contributed by atoms with Gasteiger partial charge in [0.05, 0.1) is 6.04 Å². The van der Waals surface area contributed by atoms with Gasteiger partial charge < -0.3 is 97.1 Å². The molecular formula is C62H78N20O8. The van der Waals surface area contributed by atoms with Crippen molar-refractivity contribution in [1.82, 2.24) is 51.8 Å². The topological polar surface area (TPSA) is 494 Å². The van der Waals surface area contributed by atoms with E-state index in [4.69, 9.17) is 40.1 Å². The number of rotatable bonds is 33. The number of aromatic nitrogens is 4. The molecule has 474 valence electrons. The largest absolute Gasteiger partial charge is 0.480 e. The molecule has 8 rings (SSSR count). The molecule has 4 aromatic heterocycles. The molecule has 0 radical (unpaired) electrons. The van der Waals surface area contributed by atoms with Crippen LogP contribution >= 0.6 is 0 Å². The number of para-hydroxylation sites is 4. The lowest BCUT2D eigenvalue weighted by Gasteiger charge is -2.28. The third kappa shape index (κ3) is 17.9. The SMILES string of the molecule is NC(N)=NCCC[C@H](NC(=O)[C@H](Cc1c[nH]c2ccccc12)NC(=O)[C@H](Cc1c[nH]c2ccccc12)NC(=O)[C@H](Cc1c[nH]c2ccccc12)NC(=O)[C@H](CCCN=C(N)N)NC(=O)[C@@H](N)CCCN=C(N)N)C(=O)N[C@@H](Cc1c[nH]c2ccccc12)C(=O)O. The van der Waals surface area contributed by atoms with Crippen LogP contribution in [0, 0.1) is 0 Å². The maximum Gasteiger partial charge on any atom is 0.326 e. The normalized spacial score (nSPS) is 13.6. The van der Waals surface area contributed by atoms with E-state index in [0.717, 1.165) is 43.6 Å². The van der Waals surface area contributed by atoms with Crippen molar-refractivity contribution in [3.05, 3.63) is 144 Å². The quantitative estimate of drug-likeness (QED) is 0.0150. The fourth-order valence-corrected chi connectivity index (χ4v) is 10.7. The van der Waals surface area contributed by atoms with E-state index in [0.29, 0.717) is 28.7 Å². The number of nitrogens with one attached hydrogen (secondary N) is 10. The Morgan fingerprint density at radius 3 is 0.933 bits per heavy atom. The zero-order valence-corrected chi connectivity index (χ0v) is 49.5. The molecule has 0 aliphatic carbocycles. The smallest absolute Gasteiger partial charge is 0.326 e. The molecule has 0 saturated carbocycles. The number of carboxylic acids is 1. The minimum Gasteiger partial charge on any atom is -0.480 e. The predicted molar refractivity (Wildman–Crippen MR) is 345 cm³/mol. The lowest BCUT2D eigenvalue weighted by atomic mass is 9.99. The van der Waals surface area contributed by atoms with Crippen molar-refractivity contribution in [2.45, 2.75) is 107 Å². The van der Waals surface area contributed by atoms with E-state index < -0.39 is 83.7 Å². The van der Waals surface area contributed by atoms with Crippen LogP contribution in [0.4, 0.5) is 0 Å². The molecule has 6 amide bonds. The van der Waals surface area contributed by atoms with E-state index in [2.05, 4.69) is 66.8 Å². The standard InChI is InChI=1S/C62H78N20O8/c63-42(16-9-23-70-60(64)65)53(83)77-47(21-10-24-71-61(66)67)54(84)79-50(27-35-31-74-44-18-6-2-13-39(35)44)57(87)81-51(28-36-32-75-45-19-7-3-14-40(36)45)58(88)80-49(26-34-30-73-43-17-5-1-12-38(34)43)56(86)78-48(22-11-25-72-62(68)69)55(85)82-52(59(89)90)29-37-33-76-46-20-8-4-15-41(37)46/h1-8,12-15,17-20,30-33,42,47-52,73-76H,9-11,16,21-29,63H2,(H,77,83)(H,78,86)(H,79,84)(H,80,88)(H,81,87)(H,82,85)(H,89,90)(H4,64,65,70)(H4,66,67,71)(H4,68,69,72)/t42-,47-,48-,49-,50-,51-,52-/m0/s1. The summed E-state index contributed by atoms with van der Waals surface area (Å²) in [6, 6.07) is 19.8. The number of carbonyl (C=O) groups excluding carboxylic acids is 6. The minimum atomic E-state index is -1.47. The second kappa shape index (κ2) is 31.1. The Kier molecular flexibility index (Phi) is 22.5. The van der Waals surface area contributed by atoms with E-state index in [1.165, 1.54) is 0 Å². The number of nitrogens with zero attached hydrogens (tertiary/aromatic N) is 3. The summed E-state index contributed by atoms with van der Waals surface area (Å²) >= 11 is 0. The van der Waals surface area contributed by atoms with Crippen LogP contribution in [-0.2, 0) is 59.2 Å². The van der Waals surface area contributed by atoms with Crippen LogP contribution in [0.25, 0.3) is 43.6 Å². The summed E-state index contributed by atoms with van der Waals surface area (Å²) in [5, 5.41) is 30.3. The average molecular weight is 1230 g/mol. The Morgan fingerprint density at radius 2 is 0.622 bits per heavy atom. The molecule has 7 atom stereocenters. The summed E-state index contributed by atoms with van der Waals surface area (Å²) in [6.45, 7) is 0.360. The maximum atomic E-state index is 15.5. The van der Waals surface area contributed by atoms with E-state index in [-0.39, 0.29) is 95.3 Å². The van der Waals surface area contributed by atoms with Crippen LogP contribution < -0.4 is 72.0 Å². The highest BCUT2D eigenvalue weighted by atomic mass is 16.4. The predicted octanol–water partition coefficient (Wildman–Crippen LogP) is 0.364. The number of amides is 6. The van der Waals surface area contributed by atoms with Gasteiger partial charge in [0.25, 0.3) is 0 Å². The molecular weight excluding hydrogens is 1150 g/mol. The Balaban J connectivity index is 1.12. The molecule has 4 aromatic carbocycles. The molecule has 0 fully saturated rings. The monoisotopic (exact) mass is 1230 g/mol. The summed E-state index contributed by atoms with van der Waals surface area (Å²) in [6.07, 6.45) is 7.08. The van der Waals surface area contributed by atoms with Crippen molar-refractivity contribution in [3.63, 3.8) is 0 Å². The molecule has 90 heavy (non-hydrogen) atoms. The number of carboxylic acid groups (broad SMARTS) is 1. The van der Waals surface area contributed by atoms with Gasteiger partial charge in [-0.25, -0.2) is 4.79 Å². The number of H-pyrrole nitrogens is 4. The van der Waals surface area contributed by atoms with Crippen LogP contribution in [0.5, 0.6) is 0 Å². The van der Waals surface area contributed by atoms with Gasteiger partial charge in [0.15, 0.2) is 17.9 Å². The fourth-order valence-electron chi connectivity index (χ4n) is 10.7. The average Bonchev–Trinajstić information content (AvgIpc) is 1.81. The Bertz CT molecular complexity index is 3910. The zero-order valence-electron chi connectivity index (χ0n) is 49.5. The first-order chi connectivity index (χ1) is 43.3. The Morgan fingerprint density at radius 1 is 0.367 bits per heavy atom. The molecule has 0 aliphatic heterocycles. The first-order valence-electron chi connectivity index (χ1n) is 29.5. The molecule has 25 N–H and O–H groups in total. The van der Waals surface area contributed by atoms with Gasteiger partial charge in [0.1, 0.15) is 36.3 Å². The highest BCUT2D eigenvalue weighted by Gasteiger charge is 2.35. The van der Waals surface area contributed by atoms with Crippen molar-refractivity contribution < 1.29 is 38.7 Å². The number of carbonyl (C=O) groups is 7. The van der Waals surface area contributed by atoms with Gasteiger partial charge in [-0.2, -0.15) is 0 Å². The molecule has 0 spiro atoms. The lowest BCUT2D eigenvalue weighted by Crippen LogP contribution is -2.60. The summed E-state index contributed by atoms with van der Waals surface area (Å²) < 4.78 is 0. The number of aliphatic carboxylic acids is 1. The van der Waals surface area contributed by atoms with Gasteiger partial charge in [0, 0.05) is 114 Å². The van der Waals surface area contributed by atoms with E-state index in [1.807, 2.05) is 97.1 Å². The number of hydrogen-bond donors (Lipinski definition) is 18.